The zero-order valence-corrected chi connectivity index (χ0v) is 12.8. The first-order chi connectivity index (χ1) is 9.04. The van der Waals surface area contributed by atoms with E-state index in [0.29, 0.717) is 27.3 Å². The van der Waals surface area contributed by atoms with Crippen LogP contribution in [0.25, 0.3) is 0 Å². The Labute approximate surface area is 127 Å². The van der Waals surface area contributed by atoms with Gasteiger partial charge < -0.3 is 10.2 Å². The second-order valence-corrected chi connectivity index (χ2v) is 5.72. The maximum Gasteiger partial charge on any atom is 0.244 e. The van der Waals surface area contributed by atoms with Gasteiger partial charge in [-0.25, -0.2) is 0 Å². The smallest absolute Gasteiger partial charge is 0.244 e. The molecule has 0 aromatic heterocycles. The zero-order chi connectivity index (χ0) is 14.0. The molecule has 1 unspecified atom stereocenters. The lowest BCUT2D eigenvalue weighted by molar-refractivity contribution is -0.118. The molecule has 1 saturated heterocycles. The number of nitrogens with one attached hydrogen (secondary N) is 1. The predicted octanol–water partition coefficient (Wildman–Crippen LogP) is 3.75. The first-order valence-corrected chi connectivity index (χ1v) is 7.37. The van der Waals surface area contributed by atoms with Crippen molar-refractivity contribution in [2.45, 2.75) is 25.8 Å². The SMILES string of the molecule is CCCNC1CCN(c2cc(Cl)c(Cl)cc2Cl)C1=O. The number of carbonyl (C=O) groups is 1. The lowest BCUT2D eigenvalue weighted by atomic mass is 10.2. The fourth-order valence-electron chi connectivity index (χ4n) is 2.15. The van der Waals surface area contributed by atoms with E-state index < -0.39 is 0 Å². The molecule has 0 bridgehead atoms. The van der Waals surface area contributed by atoms with Gasteiger partial charge in [-0.1, -0.05) is 41.7 Å². The Morgan fingerprint density at radius 1 is 1.26 bits per heavy atom. The van der Waals surface area contributed by atoms with E-state index in [0.717, 1.165) is 19.4 Å². The van der Waals surface area contributed by atoms with Crippen LogP contribution in [0, 0.1) is 0 Å². The molecule has 1 atom stereocenters. The molecular formula is C13H15Cl3N2O. The summed E-state index contributed by atoms with van der Waals surface area (Å²) in [6, 6.07) is 3.08. The molecule has 1 fully saturated rings. The highest BCUT2D eigenvalue weighted by atomic mass is 35.5. The first kappa shape index (κ1) is 14.9. The third kappa shape index (κ3) is 3.16. The molecule has 0 radical (unpaired) electrons. The standard InChI is InChI=1S/C13H15Cl3N2O/c1-2-4-17-11-3-5-18(13(11)19)12-7-9(15)8(14)6-10(12)16/h6-7,11,17H,2-5H2,1H3. The summed E-state index contributed by atoms with van der Waals surface area (Å²) in [7, 11) is 0. The fraction of sp³-hybridized carbons (Fsp3) is 0.462. The van der Waals surface area contributed by atoms with Gasteiger partial charge >= 0.3 is 0 Å². The molecule has 3 nitrogen and oxygen atoms in total. The Morgan fingerprint density at radius 2 is 1.95 bits per heavy atom. The quantitative estimate of drug-likeness (QED) is 0.857. The number of rotatable bonds is 4. The number of hydrogen-bond donors (Lipinski definition) is 1. The van der Waals surface area contributed by atoms with Gasteiger partial charge in [-0.3, -0.25) is 4.79 Å². The Morgan fingerprint density at radius 3 is 2.63 bits per heavy atom. The van der Waals surface area contributed by atoms with Crippen LogP contribution in [0.5, 0.6) is 0 Å². The van der Waals surface area contributed by atoms with E-state index in [4.69, 9.17) is 34.8 Å². The van der Waals surface area contributed by atoms with Crippen molar-refractivity contribution in [1.82, 2.24) is 5.32 Å². The van der Waals surface area contributed by atoms with Crippen molar-refractivity contribution in [3.8, 4) is 0 Å². The Kier molecular flexibility index (Phi) is 4.96. The molecule has 1 aliphatic heterocycles. The second-order valence-electron chi connectivity index (χ2n) is 4.50. The molecule has 1 aromatic rings. The van der Waals surface area contributed by atoms with Crippen LogP contribution in [-0.2, 0) is 4.79 Å². The molecule has 1 aliphatic rings. The minimum Gasteiger partial charge on any atom is -0.309 e. The van der Waals surface area contributed by atoms with Crippen LogP contribution in [0.15, 0.2) is 12.1 Å². The van der Waals surface area contributed by atoms with Crippen molar-refractivity contribution < 1.29 is 4.79 Å². The molecule has 1 amide bonds. The van der Waals surface area contributed by atoms with Crippen molar-refractivity contribution in [2.24, 2.45) is 0 Å². The molecule has 104 valence electrons. The van der Waals surface area contributed by atoms with Crippen LogP contribution >= 0.6 is 34.8 Å². The zero-order valence-electron chi connectivity index (χ0n) is 10.5. The Hall–Kier alpha value is -0.480. The lowest BCUT2D eigenvalue weighted by Gasteiger charge is -2.19. The number of amides is 1. The average molecular weight is 322 g/mol. The van der Waals surface area contributed by atoms with Crippen molar-refractivity contribution in [1.29, 1.82) is 0 Å². The van der Waals surface area contributed by atoms with E-state index in [-0.39, 0.29) is 11.9 Å². The van der Waals surface area contributed by atoms with Crippen LogP contribution in [0.1, 0.15) is 19.8 Å². The highest BCUT2D eigenvalue weighted by Crippen LogP contribution is 2.36. The van der Waals surface area contributed by atoms with Crippen molar-refractivity contribution in [2.75, 3.05) is 18.0 Å². The van der Waals surface area contributed by atoms with Crippen LogP contribution in [0.3, 0.4) is 0 Å². The van der Waals surface area contributed by atoms with E-state index >= 15 is 0 Å². The van der Waals surface area contributed by atoms with Gasteiger partial charge in [0.1, 0.15) is 0 Å². The Bertz CT molecular complexity index is 493. The summed E-state index contributed by atoms with van der Waals surface area (Å²) in [5.41, 5.74) is 0.627. The van der Waals surface area contributed by atoms with E-state index in [2.05, 4.69) is 12.2 Å². The maximum atomic E-state index is 12.3. The summed E-state index contributed by atoms with van der Waals surface area (Å²) in [5, 5.41) is 4.47. The summed E-state index contributed by atoms with van der Waals surface area (Å²) in [4.78, 5) is 14.0. The topological polar surface area (TPSA) is 32.3 Å². The molecule has 1 N–H and O–H groups in total. The third-order valence-corrected chi connectivity index (χ3v) is 4.15. The highest BCUT2D eigenvalue weighted by Gasteiger charge is 2.33. The summed E-state index contributed by atoms with van der Waals surface area (Å²) in [6.45, 7) is 3.54. The molecule has 2 rings (SSSR count). The van der Waals surface area contributed by atoms with Crippen LogP contribution in [0.2, 0.25) is 15.1 Å². The van der Waals surface area contributed by atoms with E-state index in [1.807, 2.05) is 0 Å². The number of halogens is 3. The number of anilines is 1. The van der Waals surface area contributed by atoms with Crippen molar-refractivity contribution in [3.05, 3.63) is 27.2 Å². The molecule has 0 spiro atoms. The van der Waals surface area contributed by atoms with Gasteiger partial charge in [0.15, 0.2) is 0 Å². The normalized spacial score (nSPS) is 19.3. The van der Waals surface area contributed by atoms with Crippen LogP contribution in [0.4, 0.5) is 5.69 Å². The number of benzene rings is 1. The number of carbonyl (C=O) groups excluding carboxylic acids is 1. The van der Waals surface area contributed by atoms with E-state index in [1.54, 1.807) is 17.0 Å². The molecule has 19 heavy (non-hydrogen) atoms. The molecule has 0 aliphatic carbocycles. The summed E-state index contributed by atoms with van der Waals surface area (Å²) in [5.74, 6) is 0.0359. The summed E-state index contributed by atoms with van der Waals surface area (Å²) >= 11 is 18.0. The highest BCUT2D eigenvalue weighted by molar-refractivity contribution is 6.44. The molecular weight excluding hydrogens is 307 g/mol. The first-order valence-electron chi connectivity index (χ1n) is 6.24. The van der Waals surface area contributed by atoms with Gasteiger partial charge in [0.25, 0.3) is 0 Å². The van der Waals surface area contributed by atoms with Crippen molar-refractivity contribution in [3.63, 3.8) is 0 Å². The monoisotopic (exact) mass is 320 g/mol. The third-order valence-electron chi connectivity index (χ3n) is 3.13. The minimum atomic E-state index is -0.134. The number of nitrogens with zero attached hydrogens (tertiary/aromatic N) is 1. The second kappa shape index (κ2) is 6.31. The number of hydrogen-bond acceptors (Lipinski definition) is 2. The molecule has 0 saturated carbocycles. The van der Waals surface area contributed by atoms with Gasteiger partial charge in [0, 0.05) is 6.54 Å². The van der Waals surface area contributed by atoms with Crippen molar-refractivity contribution >= 4 is 46.4 Å². The van der Waals surface area contributed by atoms with Gasteiger partial charge in [0.2, 0.25) is 5.91 Å². The van der Waals surface area contributed by atoms with Crippen LogP contribution in [-0.4, -0.2) is 25.0 Å². The van der Waals surface area contributed by atoms with Gasteiger partial charge in [-0.05, 0) is 31.5 Å². The average Bonchev–Trinajstić information content (AvgIpc) is 2.73. The maximum absolute atomic E-state index is 12.3. The summed E-state index contributed by atoms with van der Waals surface area (Å²) < 4.78 is 0. The predicted molar refractivity (Wildman–Crippen MR) is 80.5 cm³/mol. The van der Waals surface area contributed by atoms with Gasteiger partial charge in [0.05, 0.1) is 26.8 Å². The Balaban J connectivity index is 2.20. The molecule has 1 heterocycles. The largest absolute Gasteiger partial charge is 0.309 e. The fourth-order valence-corrected chi connectivity index (χ4v) is 2.79. The minimum absolute atomic E-state index is 0.0359. The molecule has 6 heteroatoms. The van der Waals surface area contributed by atoms with Gasteiger partial charge in [-0.2, -0.15) is 0 Å². The van der Waals surface area contributed by atoms with E-state index in [9.17, 15) is 4.79 Å². The van der Waals surface area contributed by atoms with Gasteiger partial charge in [-0.15, -0.1) is 0 Å². The van der Waals surface area contributed by atoms with Crippen LogP contribution < -0.4 is 10.2 Å². The lowest BCUT2D eigenvalue weighted by Crippen LogP contribution is -2.38. The van der Waals surface area contributed by atoms with E-state index in [1.165, 1.54) is 0 Å². The summed E-state index contributed by atoms with van der Waals surface area (Å²) in [6.07, 6.45) is 1.77. The molecule has 1 aromatic carbocycles.